The number of nitrogens with one attached hydrogen (secondary N) is 1. The lowest BCUT2D eigenvalue weighted by atomic mass is 10.00. The maximum Gasteiger partial charge on any atom is 0.317 e. The van der Waals surface area contributed by atoms with E-state index < -0.39 is 16.0 Å². The summed E-state index contributed by atoms with van der Waals surface area (Å²) in [4.78, 5) is 10.4. The van der Waals surface area contributed by atoms with E-state index in [1.807, 2.05) is 6.92 Å². The van der Waals surface area contributed by atoms with Gasteiger partial charge in [-0.1, -0.05) is 13.3 Å². The Labute approximate surface area is 115 Å². The number of rotatable bonds is 8. The molecule has 0 aliphatic carbocycles. The lowest BCUT2D eigenvalue weighted by molar-refractivity contribution is -0.136. The molecule has 7 heteroatoms. The Balaban J connectivity index is 2.43. The molecule has 1 heterocycles. The van der Waals surface area contributed by atoms with E-state index in [0.717, 1.165) is 19.3 Å². The van der Waals surface area contributed by atoms with Gasteiger partial charge in [0.25, 0.3) is 0 Å². The van der Waals surface area contributed by atoms with Crippen LogP contribution < -0.4 is 5.32 Å². The first-order valence-corrected chi connectivity index (χ1v) is 8.47. The van der Waals surface area contributed by atoms with Crippen molar-refractivity contribution in [2.45, 2.75) is 32.6 Å². The number of carbonyl (C=O) groups is 1. The first kappa shape index (κ1) is 16.4. The van der Waals surface area contributed by atoms with Crippen LogP contribution in [0.1, 0.15) is 32.6 Å². The molecule has 112 valence electrons. The third kappa shape index (κ3) is 5.88. The molecule has 0 aromatic rings. The molecule has 0 aromatic carbocycles. The molecule has 1 atom stereocenters. The molecule has 1 fully saturated rings. The van der Waals surface area contributed by atoms with Crippen LogP contribution in [0, 0.1) is 5.92 Å². The van der Waals surface area contributed by atoms with Crippen LogP contribution in [0.4, 0.5) is 0 Å². The molecular weight excluding hydrogens is 268 g/mol. The highest BCUT2D eigenvalue weighted by Gasteiger charge is 2.28. The number of piperidine rings is 1. The van der Waals surface area contributed by atoms with Crippen LogP contribution in [0.2, 0.25) is 0 Å². The molecule has 0 saturated carbocycles. The van der Waals surface area contributed by atoms with Crippen LogP contribution in [-0.2, 0) is 14.8 Å². The Hall–Kier alpha value is -0.660. The first-order chi connectivity index (χ1) is 8.95. The summed E-state index contributed by atoms with van der Waals surface area (Å²) in [5.74, 6) is -0.452. The van der Waals surface area contributed by atoms with E-state index in [1.54, 1.807) is 4.31 Å². The average molecular weight is 292 g/mol. The number of aliphatic carboxylic acids is 1. The van der Waals surface area contributed by atoms with Gasteiger partial charge in [-0.2, -0.15) is 0 Å². The summed E-state index contributed by atoms with van der Waals surface area (Å²) in [6.45, 7) is 3.58. The van der Waals surface area contributed by atoms with E-state index in [-0.39, 0.29) is 18.2 Å². The Morgan fingerprint density at radius 3 is 2.84 bits per heavy atom. The molecule has 2 N–H and O–H groups in total. The molecule has 0 amide bonds. The quantitative estimate of drug-likeness (QED) is 0.680. The molecule has 1 saturated heterocycles. The zero-order valence-corrected chi connectivity index (χ0v) is 12.3. The lowest BCUT2D eigenvalue weighted by Gasteiger charge is -2.32. The second kappa shape index (κ2) is 7.81. The summed E-state index contributed by atoms with van der Waals surface area (Å²) in [6, 6.07) is 0. The summed E-state index contributed by atoms with van der Waals surface area (Å²) < 4.78 is 25.7. The smallest absolute Gasteiger partial charge is 0.317 e. The fraction of sp³-hybridized carbons (Fsp3) is 0.917. The lowest BCUT2D eigenvalue weighted by Crippen LogP contribution is -2.44. The number of hydrogen-bond acceptors (Lipinski definition) is 4. The molecule has 6 nitrogen and oxygen atoms in total. The number of carboxylic acid groups (broad SMARTS) is 1. The molecule has 1 aliphatic rings. The van der Waals surface area contributed by atoms with Gasteiger partial charge in [0, 0.05) is 13.1 Å². The van der Waals surface area contributed by atoms with Crippen molar-refractivity contribution in [1.82, 2.24) is 9.62 Å². The maximum absolute atomic E-state index is 12.1. The Bertz CT molecular complexity index is 383. The minimum absolute atomic E-state index is 0.0704. The fourth-order valence-corrected chi connectivity index (χ4v) is 4.04. The van der Waals surface area contributed by atoms with Crippen molar-refractivity contribution < 1.29 is 18.3 Å². The zero-order chi connectivity index (χ0) is 14.3. The van der Waals surface area contributed by atoms with Crippen molar-refractivity contribution in [2.75, 3.05) is 31.9 Å². The van der Waals surface area contributed by atoms with Crippen LogP contribution in [0.25, 0.3) is 0 Å². The Kier molecular flexibility index (Phi) is 6.74. The normalized spacial score (nSPS) is 21.4. The minimum atomic E-state index is -3.13. The zero-order valence-electron chi connectivity index (χ0n) is 11.5. The summed E-state index contributed by atoms with van der Waals surface area (Å²) >= 11 is 0. The number of unbranched alkanes of at least 4 members (excludes halogenated alkanes) is 1. The van der Waals surface area contributed by atoms with Crippen LogP contribution in [0.3, 0.4) is 0 Å². The predicted octanol–water partition coefficient (Wildman–Crippen LogP) is 0.503. The van der Waals surface area contributed by atoms with Crippen molar-refractivity contribution in [1.29, 1.82) is 0 Å². The second-order valence-electron chi connectivity index (χ2n) is 5.06. The van der Waals surface area contributed by atoms with Gasteiger partial charge in [-0.05, 0) is 31.7 Å². The van der Waals surface area contributed by atoms with Crippen molar-refractivity contribution in [3.63, 3.8) is 0 Å². The number of nitrogens with zero attached hydrogens (tertiary/aromatic N) is 1. The van der Waals surface area contributed by atoms with Crippen molar-refractivity contribution in [2.24, 2.45) is 5.92 Å². The standard InChI is InChI=1S/C12H24N2O4S/c1-2-3-7-19(17,18)14-6-4-5-11(10-14)8-13-9-12(15)16/h11,13H,2-10H2,1H3,(H,15,16). The first-order valence-electron chi connectivity index (χ1n) is 6.86. The van der Waals surface area contributed by atoms with Crippen molar-refractivity contribution in [3.8, 4) is 0 Å². The van der Waals surface area contributed by atoms with E-state index in [2.05, 4.69) is 5.32 Å². The van der Waals surface area contributed by atoms with Crippen LogP contribution in [0.15, 0.2) is 0 Å². The van der Waals surface area contributed by atoms with Gasteiger partial charge in [0.15, 0.2) is 0 Å². The van der Waals surface area contributed by atoms with E-state index in [0.29, 0.717) is 26.1 Å². The highest BCUT2D eigenvalue weighted by atomic mass is 32.2. The van der Waals surface area contributed by atoms with Gasteiger partial charge >= 0.3 is 5.97 Å². The largest absolute Gasteiger partial charge is 0.480 e. The highest BCUT2D eigenvalue weighted by molar-refractivity contribution is 7.89. The van der Waals surface area contributed by atoms with Gasteiger partial charge in [-0.25, -0.2) is 12.7 Å². The molecule has 0 aromatic heterocycles. The third-order valence-corrected chi connectivity index (χ3v) is 5.26. The predicted molar refractivity (Wildman–Crippen MR) is 73.5 cm³/mol. The van der Waals surface area contributed by atoms with Gasteiger partial charge < -0.3 is 10.4 Å². The molecule has 0 spiro atoms. The summed E-state index contributed by atoms with van der Waals surface area (Å²) in [7, 11) is -3.13. The van der Waals surface area contributed by atoms with E-state index in [4.69, 9.17) is 5.11 Å². The molecule has 19 heavy (non-hydrogen) atoms. The van der Waals surface area contributed by atoms with Crippen LogP contribution in [-0.4, -0.2) is 55.7 Å². The van der Waals surface area contributed by atoms with Gasteiger partial charge in [-0.15, -0.1) is 0 Å². The van der Waals surface area contributed by atoms with Crippen molar-refractivity contribution >= 4 is 16.0 Å². The SMILES string of the molecule is CCCCS(=O)(=O)N1CCCC(CNCC(=O)O)C1. The number of sulfonamides is 1. The Morgan fingerprint density at radius 2 is 2.21 bits per heavy atom. The monoisotopic (exact) mass is 292 g/mol. The average Bonchev–Trinajstić information content (AvgIpc) is 2.36. The molecule has 0 bridgehead atoms. The summed E-state index contributed by atoms with van der Waals surface area (Å²) in [5, 5.41) is 11.4. The van der Waals surface area contributed by atoms with E-state index in [1.165, 1.54) is 0 Å². The molecule has 0 radical (unpaired) electrons. The van der Waals surface area contributed by atoms with Gasteiger partial charge in [0.1, 0.15) is 0 Å². The second-order valence-corrected chi connectivity index (χ2v) is 7.15. The van der Waals surface area contributed by atoms with Gasteiger partial charge in [-0.3, -0.25) is 4.79 Å². The summed E-state index contributed by atoms with van der Waals surface area (Å²) in [6.07, 6.45) is 3.37. The highest BCUT2D eigenvalue weighted by Crippen LogP contribution is 2.19. The number of hydrogen-bond donors (Lipinski definition) is 2. The molecule has 1 aliphatic heterocycles. The molecular formula is C12H24N2O4S. The summed E-state index contributed by atoms with van der Waals surface area (Å²) in [5.41, 5.74) is 0. The number of carboxylic acids is 1. The molecule has 1 unspecified atom stereocenters. The minimum Gasteiger partial charge on any atom is -0.480 e. The molecule has 1 rings (SSSR count). The van der Waals surface area contributed by atoms with Gasteiger partial charge in [0.2, 0.25) is 10.0 Å². The van der Waals surface area contributed by atoms with Crippen LogP contribution in [0.5, 0.6) is 0 Å². The van der Waals surface area contributed by atoms with Crippen molar-refractivity contribution in [3.05, 3.63) is 0 Å². The maximum atomic E-state index is 12.1. The third-order valence-electron chi connectivity index (χ3n) is 3.34. The fourth-order valence-electron chi connectivity index (χ4n) is 2.29. The van der Waals surface area contributed by atoms with E-state index in [9.17, 15) is 13.2 Å². The van der Waals surface area contributed by atoms with E-state index >= 15 is 0 Å². The van der Waals surface area contributed by atoms with Crippen LogP contribution >= 0.6 is 0 Å². The topological polar surface area (TPSA) is 86.7 Å². The van der Waals surface area contributed by atoms with Gasteiger partial charge in [0.05, 0.1) is 12.3 Å². The Morgan fingerprint density at radius 1 is 1.47 bits per heavy atom.